The lowest BCUT2D eigenvalue weighted by Crippen LogP contribution is -2.51. The SMILES string of the molecule is COc1ccc(C2=[N+]3C(=Cc4c(C)cc(CCC(=O)NC(CS(=O)(=O)O)C(=O)NCCCCC(=O)NCCSSc5ccccn5)n4[B-]3(F)F)C(CCC[N+](C)(C)C)=C2)cc1. The van der Waals surface area contributed by atoms with Crippen LogP contribution in [-0.2, 0) is 30.9 Å². The molecule has 4 N–H and O–H groups in total. The molecule has 1 unspecified atom stereocenters. The topological polar surface area (TPSA) is 172 Å². The number of allylic oxidation sites excluding steroid dienone is 2. The molecule has 1 atom stereocenters. The van der Waals surface area contributed by atoms with Crippen LogP contribution in [0, 0.1) is 6.92 Å². The summed E-state index contributed by atoms with van der Waals surface area (Å²) in [7, 11) is 6.18. The summed E-state index contributed by atoms with van der Waals surface area (Å²) in [6.07, 6.45) is 7.25. The fourth-order valence-electron chi connectivity index (χ4n) is 7.21. The standard InChI is InChI=1S/C41H54BF2N7O7S3/c1-29-25-32(49-35(29)27-37-31(11-10-23-51(2,3)4)26-36(50(37)42(49,43)44)30-14-17-33(58-5)18-15-30)16-19-39(53)48-34(28-61(55,56)57)41(54)47-21-8-6-12-38(52)45-22-24-59-60-40-13-7-9-20-46-40/h7,9,13-15,17-18,20,25-27,34H,6,8,10-12,16,19,21-24,28H2,1-5H3,(H3-,45,47,48,52,53,54,55,56,57)/p+1. The highest BCUT2D eigenvalue weighted by Gasteiger charge is 2.54. The second kappa shape index (κ2) is 21.1. The smallest absolute Gasteiger partial charge is 0.497 e. The van der Waals surface area contributed by atoms with Gasteiger partial charge in [-0.05, 0) is 97.1 Å². The summed E-state index contributed by atoms with van der Waals surface area (Å²) in [4.78, 5) is 42.7. The van der Waals surface area contributed by atoms with E-state index in [1.807, 2.05) is 24.3 Å². The number of quaternary nitrogens is 1. The van der Waals surface area contributed by atoms with Gasteiger partial charge in [-0.15, -0.1) is 0 Å². The van der Waals surface area contributed by atoms with Gasteiger partial charge in [-0.3, -0.25) is 18.9 Å². The number of amides is 3. The van der Waals surface area contributed by atoms with Crippen LogP contribution in [0.25, 0.3) is 6.08 Å². The third-order valence-electron chi connectivity index (χ3n) is 10.1. The van der Waals surface area contributed by atoms with Crippen molar-refractivity contribution in [1.29, 1.82) is 0 Å². The number of hydrogen-bond acceptors (Lipinski definition) is 9. The van der Waals surface area contributed by atoms with Crippen LogP contribution in [0.4, 0.5) is 8.63 Å². The number of carbonyl (C=O) groups excluding carboxylic acids is 3. The van der Waals surface area contributed by atoms with E-state index in [9.17, 15) is 27.4 Å². The highest BCUT2D eigenvalue weighted by molar-refractivity contribution is 8.76. The second-order valence-corrected chi connectivity index (χ2v) is 19.9. The average molecular weight is 903 g/mol. The fourth-order valence-corrected chi connectivity index (χ4v) is 9.65. The van der Waals surface area contributed by atoms with E-state index < -0.39 is 40.7 Å². The molecule has 3 aromatic rings. The van der Waals surface area contributed by atoms with Crippen molar-refractivity contribution in [3.05, 3.63) is 94.6 Å². The Morgan fingerprint density at radius 2 is 1.74 bits per heavy atom. The summed E-state index contributed by atoms with van der Waals surface area (Å²) in [5, 5.41) is 8.64. The van der Waals surface area contributed by atoms with Gasteiger partial charge in [0, 0.05) is 73.3 Å². The second-order valence-electron chi connectivity index (χ2n) is 16.0. The molecule has 330 valence electrons. The molecule has 20 heteroatoms. The molecule has 2 aromatic heterocycles. The molecule has 61 heavy (non-hydrogen) atoms. The first-order valence-corrected chi connectivity index (χ1v) is 24.1. The van der Waals surface area contributed by atoms with E-state index in [0.717, 1.165) is 37.0 Å². The summed E-state index contributed by atoms with van der Waals surface area (Å²) < 4.78 is 75.6. The molecule has 0 saturated carbocycles. The lowest BCUT2D eigenvalue weighted by molar-refractivity contribution is -0.870. The van der Waals surface area contributed by atoms with Gasteiger partial charge in [0.15, 0.2) is 11.4 Å². The molecule has 2 aliphatic heterocycles. The summed E-state index contributed by atoms with van der Waals surface area (Å²) >= 11 is 0. The van der Waals surface area contributed by atoms with E-state index in [4.69, 9.17) is 4.74 Å². The van der Waals surface area contributed by atoms with Crippen molar-refractivity contribution < 1.29 is 49.7 Å². The molecule has 0 aliphatic carbocycles. The number of pyridine rings is 1. The van der Waals surface area contributed by atoms with Crippen molar-refractivity contribution in [2.75, 3.05) is 59.4 Å². The molecule has 5 rings (SSSR count). The summed E-state index contributed by atoms with van der Waals surface area (Å²) in [5.41, 5.74) is 3.30. The summed E-state index contributed by atoms with van der Waals surface area (Å²) in [5.74, 6) is -1.56. The van der Waals surface area contributed by atoms with Gasteiger partial charge in [0.1, 0.15) is 22.6 Å². The van der Waals surface area contributed by atoms with Gasteiger partial charge in [0.25, 0.3) is 10.1 Å². The van der Waals surface area contributed by atoms with Crippen LogP contribution < -0.4 is 20.7 Å². The molecule has 2 aliphatic rings. The predicted octanol–water partition coefficient (Wildman–Crippen LogP) is 4.85. The maximum absolute atomic E-state index is 17.1. The molecule has 14 nitrogen and oxygen atoms in total. The number of rotatable bonds is 23. The van der Waals surface area contributed by atoms with Crippen molar-refractivity contribution in [3.8, 4) is 5.75 Å². The number of benzene rings is 1. The lowest BCUT2D eigenvalue weighted by Gasteiger charge is -2.32. The zero-order valence-corrected chi connectivity index (χ0v) is 37.6. The third-order valence-corrected chi connectivity index (χ3v) is 13.1. The number of nitrogens with one attached hydrogen (secondary N) is 3. The maximum Gasteiger partial charge on any atom is 0.737 e. The summed E-state index contributed by atoms with van der Waals surface area (Å²) in [6.45, 7) is -1.31. The van der Waals surface area contributed by atoms with E-state index in [-0.39, 0.29) is 37.4 Å². The number of ether oxygens (including phenoxy) is 1. The lowest BCUT2D eigenvalue weighted by atomic mass is 9.88. The monoisotopic (exact) mass is 902 g/mol. The Kier molecular flexibility index (Phi) is 16.4. The van der Waals surface area contributed by atoms with E-state index in [2.05, 4.69) is 42.1 Å². The van der Waals surface area contributed by atoms with Crippen molar-refractivity contribution >= 4 is 68.2 Å². The fraction of sp³-hybridized carbons (Fsp3) is 0.439. The predicted molar refractivity (Wildman–Crippen MR) is 237 cm³/mol. The van der Waals surface area contributed by atoms with Gasteiger partial charge in [0.2, 0.25) is 17.7 Å². The van der Waals surface area contributed by atoms with E-state index in [1.54, 1.807) is 60.3 Å². The minimum atomic E-state index is -4.70. The highest BCUT2D eigenvalue weighted by Crippen LogP contribution is 2.40. The van der Waals surface area contributed by atoms with Crippen molar-refractivity contribution in [1.82, 2.24) is 25.4 Å². The third kappa shape index (κ3) is 13.5. The van der Waals surface area contributed by atoms with Crippen LogP contribution in [0.15, 0.2) is 77.1 Å². The molecule has 0 fully saturated rings. The minimum absolute atomic E-state index is 0.0845. The van der Waals surface area contributed by atoms with Crippen LogP contribution in [-0.4, -0.2) is 127 Å². The zero-order valence-electron chi connectivity index (χ0n) is 35.2. The molecule has 0 bridgehead atoms. The number of unbranched alkanes of at least 4 members (excludes halogenated alkanes) is 1. The molecule has 0 radical (unpaired) electrons. The highest BCUT2D eigenvalue weighted by atomic mass is 33.1. The molecule has 1 aromatic carbocycles. The summed E-state index contributed by atoms with van der Waals surface area (Å²) in [6, 6.07) is 12.6. The number of halogens is 2. The van der Waals surface area contributed by atoms with Crippen LogP contribution in [0.2, 0.25) is 0 Å². The van der Waals surface area contributed by atoms with E-state index in [1.165, 1.54) is 17.9 Å². The van der Waals surface area contributed by atoms with E-state index >= 15 is 8.63 Å². The molecule has 4 heterocycles. The molecular weight excluding hydrogens is 848 g/mol. The van der Waals surface area contributed by atoms with E-state index in [0.29, 0.717) is 65.5 Å². The Bertz CT molecular complexity index is 2260. The minimum Gasteiger partial charge on any atom is -0.497 e. The number of aryl methyl sites for hydroxylation is 2. The number of aromatic nitrogens is 2. The van der Waals surface area contributed by atoms with Crippen LogP contribution in [0.1, 0.15) is 61.0 Å². The Hall–Kier alpha value is -4.50. The largest absolute Gasteiger partial charge is 0.737 e. The Balaban J connectivity index is 1.19. The first-order valence-electron chi connectivity index (χ1n) is 20.1. The van der Waals surface area contributed by atoms with Crippen LogP contribution in [0.3, 0.4) is 0 Å². The van der Waals surface area contributed by atoms with Crippen molar-refractivity contribution in [2.24, 2.45) is 0 Å². The number of nitrogens with zero attached hydrogens (tertiary/aromatic N) is 4. The zero-order chi connectivity index (χ0) is 44.4. The van der Waals surface area contributed by atoms with Crippen molar-refractivity contribution in [3.63, 3.8) is 0 Å². The first-order chi connectivity index (χ1) is 28.9. The Labute approximate surface area is 364 Å². The van der Waals surface area contributed by atoms with Crippen LogP contribution >= 0.6 is 21.6 Å². The average Bonchev–Trinajstić information content (AvgIpc) is 3.73. The number of methoxy groups -OCH3 is 1. The molecule has 0 saturated heterocycles. The van der Waals surface area contributed by atoms with Gasteiger partial charge >= 0.3 is 6.97 Å². The van der Waals surface area contributed by atoms with Gasteiger partial charge in [0.05, 0.1) is 34.8 Å². The Morgan fingerprint density at radius 1 is 0.984 bits per heavy atom. The molecule has 0 spiro atoms. The Morgan fingerprint density at radius 3 is 2.41 bits per heavy atom. The van der Waals surface area contributed by atoms with Crippen molar-refractivity contribution in [2.45, 2.75) is 62.9 Å². The van der Waals surface area contributed by atoms with Crippen LogP contribution in [0.5, 0.6) is 5.75 Å². The number of carbonyl (C=O) groups is 3. The van der Waals surface area contributed by atoms with Gasteiger partial charge in [-0.2, -0.15) is 8.42 Å². The first kappa shape index (κ1) is 47.6. The normalized spacial score (nSPS) is 15.0. The van der Waals surface area contributed by atoms with Gasteiger partial charge in [-0.1, -0.05) is 16.9 Å². The number of fused-ring (bicyclic) bond motifs is 2. The molecule has 3 amide bonds. The number of hydrogen-bond donors (Lipinski definition) is 4. The van der Waals surface area contributed by atoms with Gasteiger partial charge < -0.3 is 42.8 Å². The maximum atomic E-state index is 17.1. The quantitative estimate of drug-likeness (QED) is 0.0339. The van der Waals surface area contributed by atoms with Gasteiger partial charge in [-0.25, -0.2) is 4.98 Å². The molecular formula is C41H55BF2N7O7S3+.